The molecule has 0 saturated heterocycles. The van der Waals surface area contributed by atoms with Crippen molar-refractivity contribution >= 4 is 28.9 Å². The van der Waals surface area contributed by atoms with Crippen molar-refractivity contribution in [2.75, 3.05) is 12.9 Å². The topological polar surface area (TPSA) is 77.0 Å². The smallest absolute Gasteiger partial charge is 0.408 e. The van der Waals surface area contributed by atoms with Gasteiger partial charge in [0.2, 0.25) is 0 Å². The summed E-state index contributed by atoms with van der Waals surface area (Å²) < 4.78 is 9.98. The van der Waals surface area contributed by atoms with Gasteiger partial charge in [-0.3, -0.25) is 4.99 Å². The fraction of sp³-hybridized carbons (Fsp3) is 0.471. The molecule has 1 heterocycles. The van der Waals surface area contributed by atoms with Gasteiger partial charge in [0, 0.05) is 5.75 Å². The zero-order valence-electron chi connectivity index (χ0n) is 14.0. The van der Waals surface area contributed by atoms with Gasteiger partial charge in [-0.2, -0.15) is 0 Å². The highest BCUT2D eigenvalue weighted by atomic mass is 32.2. The van der Waals surface area contributed by atoms with Gasteiger partial charge in [-0.1, -0.05) is 44.2 Å². The van der Waals surface area contributed by atoms with Crippen LogP contribution in [-0.4, -0.2) is 42.1 Å². The fourth-order valence-electron chi connectivity index (χ4n) is 2.22. The largest absolute Gasteiger partial charge is 0.467 e. The summed E-state index contributed by atoms with van der Waals surface area (Å²) >= 11 is 1.47. The summed E-state index contributed by atoms with van der Waals surface area (Å²) in [6, 6.07) is 8.70. The first kappa shape index (κ1) is 18.3. The number of nitrogens with zero attached hydrogens (tertiary/aromatic N) is 1. The van der Waals surface area contributed by atoms with Gasteiger partial charge in [0.25, 0.3) is 0 Å². The second-order valence-electron chi connectivity index (χ2n) is 5.75. The first-order valence-corrected chi connectivity index (χ1v) is 8.75. The first-order valence-electron chi connectivity index (χ1n) is 7.76. The number of benzene rings is 1. The number of alkyl carbamates (subject to hydrolysis) is 1. The molecule has 7 heteroatoms. The Morgan fingerprint density at radius 2 is 2.04 bits per heavy atom. The molecule has 1 aromatic rings. The Kier molecular flexibility index (Phi) is 6.66. The zero-order chi connectivity index (χ0) is 17.5. The molecule has 0 radical (unpaired) electrons. The van der Waals surface area contributed by atoms with Crippen LogP contribution >= 0.6 is 11.8 Å². The molecule has 0 fully saturated rings. The molecule has 1 aromatic carbocycles. The van der Waals surface area contributed by atoms with Gasteiger partial charge in [0.05, 0.1) is 18.2 Å². The summed E-state index contributed by atoms with van der Waals surface area (Å²) in [5, 5.41) is 3.57. The van der Waals surface area contributed by atoms with E-state index < -0.39 is 12.1 Å². The van der Waals surface area contributed by atoms with Crippen molar-refractivity contribution in [2.24, 2.45) is 10.9 Å². The van der Waals surface area contributed by atoms with Crippen molar-refractivity contribution in [1.29, 1.82) is 0 Å². The molecule has 1 aliphatic rings. The molecular weight excluding hydrogens is 328 g/mol. The average Bonchev–Trinajstić information content (AvgIpc) is 3.07. The van der Waals surface area contributed by atoms with Crippen LogP contribution in [-0.2, 0) is 20.9 Å². The van der Waals surface area contributed by atoms with Crippen molar-refractivity contribution in [3.8, 4) is 0 Å². The summed E-state index contributed by atoms with van der Waals surface area (Å²) in [7, 11) is 1.35. The van der Waals surface area contributed by atoms with Crippen LogP contribution in [0.1, 0.15) is 19.4 Å². The number of hydrogen-bond acceptors (Lipinski definition) is 6. The molecule has 0 unspecified atom stereocenters. The molecular formula is C17H22N2O4S. The first-order chi connectivity index (χ1) is 11.5. The standard InChI is InChI=1S/C17H22N2O4S/c1-11(2)14(15-18-13(10-24-15)16(20)22-3)19-17(21)23-9-12-7-5-4-6-8-12/h4-8,11,13-14H,9-10H2,1-3H3,(H,19,21)/t13-,14-/m0/s1. The van der Waals surface area contributed by atoms with Gasteiger partial charge in [0.1, 0.15) is 6.61 Å². The molecule has 24 heavy (non-hydrogen) atoms. The fourth-order valence-corrected chi connectivity index (χ4v) is 3.48. The number of rotatable bonds is 6. The predicted octanol–water partition coefficient (Wildman–Crippen LogP) is 2.62. The van der Waals surface area contributed by atoms with Gasteiger partial charge in [-0.25, -0.2) is 9.59 Å². The lowest BCUT2D eigenvalue weighted by Gasteiger charge is -2.21. The minimum absolute atomic E-state index is 0.122. The van der Waals surface area contributed by atoms with E-state index in [0.717, 1.165) is 10.6 Å². The molecule has 1 N–H and O–H groups in total. The number of ether oxygens (including phenoxy) is 2. The van der Waals surface area contributed by atoms with Crippen LogP contribution in [0.2, 0.25) is 0 Å². The minimum Gasteiger partial charge on any atom is -0.467 e. The average molecular weight is 350 g/mol. The molecule has 0 spiro atoms. The van der Waals surface area contributed by atoms with E-state index in [9.17, 15) is 9.59 Å². The summed E-state index contributed by atoms with van der Waals surface area (Å²) in [6.07, 6.45) is -0.498. The predicted molar refractivity (Wildman–Crippen MR) is 94.1 cm³/mol. The Balaban J connectivity index is 1.94. The molecule has 0 aromatic heterocycles. The quantitative estimate of drug-likeness (QED) is 0.798. The number of esters is 1. The number of nitrogens with one attached hydrogen (secondary N) is 1. The number of hydrogen-bond donors (Lipinski definition) is 1. The number of carbonyl (C=O) groups excluding carboxylic acids is 2. The summed E-state index contributed by atoms with van der Waals surface area (Å²) in [5.41, 5.74) is 0.923. The summed E-state index contributed by atoms with van der Waals surface area (Å²) in [6.45, 7) is 4.18. The van der Waals surface area contributed by atoms with E-state index in [1.807, 2.05) is 44.2 Å². The second-order valence-corrected chi connectivity index (χ2v) is 6.79. The van der Waals surface area contributed by atoms with E-state index in [1.54, 1.807) is 0 Å². The molecule has 2 rings (SSSR count). The molecule has 0 saturated carbocycles. The SMILES string of the molecule is COC(=O)[C@@H]1CSC([C@@H](NC(=O)OCc2ccccc2)C(C)C)=N1. The Hall–Kier alpha value is -2.02. The summed E-state index contributed by atoms with van der Waals surface area (Å²) in [5.74, 6) is 0.301. The Morgan fingerprint density at radius 3 is 2.67 bits per heavy atom. The molecule has 0 aliphatic carbocycles. The van der Waals surface area contributed by atoms with E-state index in [4.69, 9.17) is 9.47 Å². The van der Waals surface area contributed by atoms with Crippen LogP contribution in [0.3, 0.4) is 0 Å². The molecule has 6 nitrogen and oxygen atoms in total. The lowest BCUT2D eigenvalue weighted by molar-refractivity contribution is -0.141. The van der Waals surface area contributed by atoms with Gasteiger partial charge in [-0.15, -0.1) is 11.8 Å². The van der Waals surface area contributed by atoms with Crippen LogP contribution in [0.15, 0.2) is 35.3 Å². The second kappa shape index (κ2) is 8.73. The van der Waals surface area contributed by atoms with Gasteiger partial charge in [0.15, 0.2) is 6.04 Å². The maximum Gasteiger partial charge on any atom is 0.408 e. The normalized spacial score (nSPS) is 18.0. The molecule has 0 bridgehead atoms. The Bertz CT molecular complexity index is 604. The van der Waals surface area contributed by atoms with Crippen LogP contribution in [0.4, 0.5) is 4.79 Å². The number of carbonyl (C=O) groups is 2. The lowest BCUT2D eigenvalue weighted by atomic mass is 10.1. The van der Waals surface area contributed by atoms with Crippen molar-refractivity contribution < 1.29 is 19.1 Å². The highest BCUT2D eigenvalue weighted by molar-refractivity contribution is 8.14. The van der Waals surface area contributed by atoms with Crippen LogP contribution in [0, 0.1) is 5.92 Å². The maximum atomic E-state index is 12.1. The number of methoxy groups -OCH3 is 1. The highest BCUT2D eigenvalue weighted by Gasteiger charge is 2.32. The van der Waals surface area contributed by atoms with E-state index >= 15 is 0 Å². The van der Waals surface area contributed by atoms with Gasteiger partial charge >= 0.3 is 12.1 Å². The van der Waals surface area contributed by atoms with Crippen molar-refractivity contribution in [2.45, 2.75) is 32.5 Å². The number of thioether (sulfide) groups is 1. The molecule has 130 valence electrons. The van der Waals surface area contributed by atoms with E-state index in [2.05, 4.69) is 10.3 Å². The van der Waals surface area contributed by atoms with Crippen molar-refractivity contribution in [1.82, 2.24) is 5.32 Å². The van der Waals surface area contributed by atoms with Crippen LogP contribution in [0.25, 0.3) is 0 Å². The monoisotopic (exact) mass is 350 g/mol. The van der Waals surface area contributed by atoms with Crippen molar-refractivity contribution in [3.63, 3.8) is 0 Å². The zero-order valence-corrected chi connectivity index (χ0v) is 14.8. The Morgan fingerprint density at radius 1 is 1.33 bits per heavy atom. The third-order valence-electron chi connectivity index (χ3n) is 3.56. The van der Waals surface area contributed by atoms with Crippen molar-refractivity contribution in [3.05, 3.63) is 35.9 Å². The third-order valence-corrected chi connectivity index (χ3v) is 4.70. The van der Waals surface area contributed by atoms with Crippen LogP contribution < -0.4 is 5.32 Å². The minimum atomic E-state index is -0.501. The third kappa shape index (κ3) is 4.99. The molecule has 1 aliphatic heterocycles. The summed E-state index contributed by atoms with van der Waals surface area (Å²) in [4.78, 5) is 28.0. The van der Waals surface area contributed by atoms with Gasteiger partial charge in [-0.05, 0) is 11.5 Å². The van der Waals surface area contributed by atoms with E-state index in [0.29, 0.717) is 5.75 Å². The molecule has 1 amide bonds. The van der Waals surface area contributed by atoms with Crippen LogP contribution in [0.5, 0.6) is 0 Å². The Labute approximate surface area is 146 Å². The van der Waals surface area contributed by atoms with E-state index in [-0.39, 0.29) is 24.5 Å². The van der Waals surface area contributed by atoms with Gasteiger partial charge < -0.3 is 14.8 Å². The number of aliphatic imine (C=N–C) groups is 1. The lowest BCUT2D eigenvalue weighted by Crippen LogP contribution is -2.43. The highest BCUT2D eigenvalue weighted by Crippen LogP contribution is 2.24. The molecule has 2 atom stereocenters. The maximum absolute atomic E-state index is 12.1. The number of amides is 1. The van der Waals surface area contributed by atoms with E-state index in [1.165, 1.54) is 18.9 Å².